The number of ether oxygens (including phenoxy) is 2. The van der Waals surface area contributed by atoms with Crippen molar-refractivity contribution in [1.29, 1.82) is 0 Å². The molecule has 0 saturated carbocycles. The molecule has 6 heteroatoms. The van der Waals surface area contributed by atoms with Gasteiger partial charge in [-0.15, -0.1) is 0 Å². The molecule has 0 bridgehead atoms. The Bertz CT molecular complexity index is 876. The molecule has 0 radical (unpaired) electrons. The second-order valence-corrected chi connectivity index (χ2v) is 8.37. The summed E-state index contributed by atoms with van der Waals surface area (Å²) in [6.07, 6.45) is 1.69. The van der Waals surface area contributed by atoms with Gasteiger partial charge in [-0.1, -0.05) is 56.3 Å². The summed E-state index contributed by atoms with van der Waals surface area (Å²) in [5.41, 5.74) is 1.45. The predicted octanol–water partition coefficient (Wildman–Crippen LogP) is 3.31. The lowest BCUT2D eigenvalue weighted by Crippen LogP contribution is -2.53. The standard InChI is InChI=1S/C25H32N2O4/c1-18(2)22(27-23(28)20-11-7-8-12-21(20)30-3)24(29)26-17-25(13-15-31-16-14-25)19-9-5-4-6-10-19/h4-12,18,22H,13-17H2,1-3H3,(H,26,29)(H,27,28). The third kappa shape index (κ3) is 5.44. The monoisotopic (exact) mass is 424 g/mol. The van der Waals surface area contributed by atoms with Crippen LogP contribution in [0, 0.1) is 5.92 Å². The zero-order chi connectivity index (χ0) is 22.3. The van der Waals surface area contributed by atoms with Crippen molar-refractivity contribution in [3.05, 3.63) is 65.7 Å². The fraction of sp³-hybridized carbons (Fsp3) is 0.440. The van der Waals surface area contributed by atoms with Gasteiger partial charge in [0.05, 0.1) is 12.7 Å². The van der Waals surface area contributed by atoms with E-state index in [-0.39, 0.29) is 23.1 Å². The zero-order valence-corrected chi connectivity index (χ0v) is 18.5. The van der Waals surface area contributed by atoms with Gasteiger partial charge in [0, 0.05) is 25.2 Å². The molecule has 2 aromatic rings. The first-order valence-corrected chi connectivity index (χ1v) is 10.8. The first kappa shape index (κ1) is 22.8. The van der Waals surface area contributed by atoms with Crippen LogP contribution in [-0.2, 0) is 14.9 Å². The summed E-state index contributed by atoms with van der Waals surface area (Å²) < 4.78 is 10.9. The van der Waals surface area contributed by atoms with Crippen LogP contribution >= 0.6 is 0 Å². The summed E-state index contributed by atoms with van der Waals surface area (Å²) >= 11 is 0. The van der Waals surface area contributed by atoms with Gasteiger partial charge in [-0.05, 0) is 36.5 Å². The van der Waals surface area contributed by atoms with Gasteiger partial charge in [0.1, 0.15) is 11.8 Å². The third-order valence-corrected chi connectivity index (χ3v) is 6.02. The lowest BCUT2D eigenvalue weighted by Gasteiger charge is -2.38. The number of hydrogen-bond donors (Lipinski definition) is 2. The van der Waals surface area contributed by atoms with E-state index in [1.807, 2.05) is 32.0 Å². The van der Waals surface area contributed by atoms with E-state index >= 15 is 0 Å². The highest BCUT2D eigenvalue weighted by Crippen LogP contribution is 2.34. The summed E-state index contributed by atoms with van der Waals surface area (Å²) in [4.78, 5) is 26.0. The zero-order valence-electron chi connectivity index (χ0n) is 18.5. The fourth-order valence-corrected chi connectivity index (χ4v) is 4.07. The molecule has 1 saturated heterocycles. The number of nitrogens with one attached hydrogen (secondary N) is 2. The van der Waals surface area contributed by atoms with Crippen LogP contribution < -0.4 is 15.4 Å². The molecule has 0 spiro atoms. The van der Waals surface area contributed by atoms with Crippen LogP contribution in [0.3, 0.4) is 0 Å². The third-order valence-electron chi connectivity index (χ3n) is 6.02. The van der Waals surface area contributed by atoms with E-state index in [0.29, 0.717) is 31.1 Å². The molecule has 1 heterocycles. The Kier molecular flexibility index (Phi) is 7.69. The van der Waals surface area contributed by atoms with Crippen LogP contribution in [0.1, 0.15) is 42.6 Å². The van der Waals surface area contributed by atoms with Gasteiger partial charge in [-0.25, -0.2) is 0 Å². The van der Waals surface area contributed by atoms with Gasteiger partial charge < -0.3 is 20.1 Å². The van der Waals surface area contributed by atoms with Crippen LogP contribution in [-0.4, -0.2) is 44.7 Å². The van der Waals surface area contributed by atoms with Crippen molar-refractivity contribution < 1.29 is 19.1 Å². The Labute approximate surface area is 184 Å². The van der Waals surface area contributed by atoms with Gasteiger partial charge in [0.2, 0.25) is 5.91 Å². The molecule has 1 aliphatic heterocycles. The van der Waals surface area contributed by atoms with Crippen molar-refractivity contribution in [1.82, 2.24) is 10.6 Å². The van der Waals surface area contributed by atoms with E-state index in [2.05, 4.69) is 22.8 Å². The number of rotatable bonds is 8. The molecule has 1 unspecified atom stereocenters. The number of amides is 2. The van der Waals surface area contributed by atoms with E-state index in [1.54, 1.807) is 24.3 Å². The number of carbonyl (C=O) groups is 2. The van der Waals surface area contributed by atoms with Crippen LogP contribution in [0.25, 0.3) is 0 Å². The second kappa shape index (κ2) is 10.4. The second-order valence-electron chi connectivity index (χ2n) is 8.37. The average Bonchev–Trinajstić information content (AvgIpc) is 2.81. The predicted molar refractivity (Wildman–Crippen MR) is 120 cm³/mol. The summed E-state index contributed by atoms with van der Waals surface area (Å²) in [5.74, 6) is -0.0932. The molecule has 1 fully saturated rings. The molecule has 2 amide bonds. The highest BCUT2D eigenvalue weighted by atomic mass is 16.5. The van der Waals surface area contributed by atoms with E-state index in [4.69, 9.17) is 9.47 Å². The average molecular weight is 425 g/mol. The van der Waals surface area contributed by atoms with Gasteiger partial charge in [0.15, 0.2) is 0 Å². The topological polar surface area (TPSA) is 76.7 Å². The lowest BCUT2D eigenvalue weighted by molar-refractivity contribution is -0.124. The Morgan fingerprint density at radius 3 is 2.32 bits per heavy atom. The smallest absolute Gasteiger partial charge is 0.255 e. The maximum Gasteiger partial charge on any atom is 0.255 e. The molecule has 3 rings (SSSR count). The molecule has 0 aromatic heterocycles. The summed E-state index contributed by atoms with van der Waals surface area (Å²) in [6, 6.07) is 16.6. The van der Waals surface area contributed by atoms with Crippen LogP contribution in [0.5, 0.6) is 5.75 Å². The summed E-state index contributed by atoms with van der Waals surface area (Å²) in [7, 11) is 1.52. The maximum atomic E-state index is 13.1. The lowest BCUT2D eigenvalue weighted by atomic mass is 9.74. The Balaban J connectivity index is 1.72. The van der Waals surface area contributed by atoms with E-state index in [1.165, 1.54) is 12.7 Å². The minimum atomic E-state index is -0.648. The van der Waals surface area contributed by atoms with Crippen molar-refractivity contribution in [3.63, 3.8) is 0 Å². The highest BCUT2D eigenvalue weighted by molar-refractivity contribution is 5.99. The van der Waals surface area contributed by atoms with Gasteiger partial charge in [0.25, 0.3) is 5.91 Å². The van der Waals surface area contributed by atoms with Crippen LogP contribution in [0.4, 0.5) is 0 Å². The first-order valence-electron chi connectivity index (χ1n) is 10.8. The van der Waals surface area contributed by atoms with Crippen molar-refractivity contribution in [3.8, 4) is 5.75 Å². The minimum Gasteiger partial charge on any atom is -0.496 e. The SMILES string of the molecule is COc1ccccc1C(=O)NC(C(=O)NCC1(c2ccccc2)CCOCC1)C(C)C. The molecular weight excluding hydrogens is 392 g/mol. The number of para-hydroxylation sites is 1. The molecule has 31 heavy (non-hydrogen) atoms. The Morgan fingerprint density at radius 2 is 1.68 bits per heavy atom. The maximum absolute atomic E-state index is 13.1. The number of hydrogen-bond acceptors (Lipinski definition) is 4. The Hall–Kier alpha value is -2.86. The quantitative estimate of drug-likeness (QED) is 0.682. The molecular formula is C25H32N2O4. The first-order chi connectivity index (χ1) is 15.0. The van der Waals surface area contributed by atoms with Crippen molar-refractivity contribution in [2.24, 2.45) is 5.92 Å². The summed E-state index contributed by atoms with van der Waals surface area (Å²) in [6.45, 7) is 5.70. The molecule has 2 N–H and O–H groups in total. The molecule has 1 atom stereocenters. The van der Waals surface area contributed by atoms with E-state index < -0.39 is 6.04 Å². The van der Waals surface area contributed by atoms with Gasteiger partial charge in [-0.3, -0.25) is 9.59 Å². The van der Waals surface area contributed by atoms with Crippen LogP contribution in [0.2, 0.25) is 0 Å². The number of methoxy groups -OCH3 is 1. The normalized spacial score (nSPS) is 16.4. The molecule has 6 nitrogen and oxygen atoms in total. The number of benzene rings is 2. The molecule has 0 aliphatic carbocycles. The number of carbonyl (C=O) groups excluding carboxylic acids is 2. The Morgan fingerprint density at radius 1 is 1.03 bits per heavy atom. The molecule has 166 valence electrons. The van der Waals surface area contributed by atoms with Crippen LogP contribution in [0.15, 0.2) is 54.6 Å². The largest absolute Gasteiger partial charge is 0.496 e. The summed E-state index contributed by atoms with van der Waals surface area (Å²) in [5, 5.41) is 6.01. The van der Waals surface area contributed by atoms with Crippen molar-refractivity contribution in [2.45, 2.75) is 38.1 Å². The van der Waals surface area contributed by atoms with E-state index in [0.717, 1.165) is 12.8 Å². The van der Waals surface area contributed by atoms with Crippen molar-refractivity contribution in [2.75, 3.05) is 26.9 Å². The van der Waals surface area contributed by atoms with Crippen molar-refractivity contribution >= 4 is 11.8 Å². The highest BCUT2D eigenvalue weighted by Gasteiger charge is 2.36. The van der Waals surface area contributed by atoms with E-state index in [9.17, 15) is 9.59 Å². The molecule has 2 aromatic carbocycles. The molecule has 1 aliphatic rings. The fourth-order valence-electron chi connectivity index (χ4n) is 4.07. The van der Waals surface area contributed by atoms with Gasteiger partial charge >= 0.3 is 0 Å². The van der Waals surface area contributed by atoms with Gasteiger partial charge in [-0.2, -0.15) is 0 Å². The minimum absolute atomic E-state index is 0.0685.